The minimum absolute atomic E-state index is 0.420. The fourth-order valence-corrected chi connectivity index (χ4v) is 2.79. The Morgan fingerprint density at radius 3 is 1.29 bits per heavy atom. The molecule has 2 nitrogen and oxygen atoms in total. The minimum Gasteiger partial charge on any atom is -0.373 e. The second kappa shape index (κ2) is 7.84. The van der Waals surface area contributed by atoms with Crippen molar-refractivity contribution in [2.24, 2.45) is 0 Å². The Hall–Kier alpha value is -2.52. The van der Waals surface area contributed by atoms with E-state index in [1.807, 2.05) is 60.7 Å². The van der Waals surface area contributed by atoms with Crippen LogP contribution in [0.25, 0.3) is 0 Å². The van der Waals surface area contributed by atoms with Crippen molar-refractivity contribution in [1.29, 1.82) is 0 Å². The Balaban J connectivity index is 1.97. The van der Waals surface area contributed by atoms with E-state index in [4.69, 9.17) is 12.8 Å². The summed E-state index contributed by atoms with van der Waals surface area (Å²) in [5.41, 5.74) is -1.16. The molecule has 0 bridgehead atoms. The first kappa shape index (κ1) is 17.8. The summed E-state index contributed by atoms with van der Waals surface area (Å²) in [6.45, 7) is 0. The van der Waals surface area contributed by atoms with Crippen LogP contribution < -0.4 is 0 Å². The Morgan fingerprint density at radius 1 is 0.667 bits per heavy atom. The van der Waals surface area contributed by atoms with Gasteiger partial charge in [0.05, 0.1) is 0 Å². The van der Waals surface area contributed by atoms with E-state index in [9.17, 15) is 10.2 Å². The van der Waals surface area contributed by atoms with Gasteiger partial charge in [0.1, 0.15) is 0 Å². The van der Waals surface area contributed by atoms with Gasteiger partial charge in [-0.2, -0.15) is 0 Å². The predicted octanol–water partition coefficient (Wildman–Crippen LogP) is 3.59. The second-order valence-corrected chi connectivity index (χ2v) is 5.95. The number of terminal acetylenes is 2. The first-order chi connectivity index (χ1) is 11.5. The summed E-state index contributed by atoms with van der Waals surface area (Å²) in [5.74, 6) is 4.98. The highest BCUT2D eigenvalue weighted by molar-refractivity contribution is 5.31. The summed E-state index contributed by atoms with van der Waals surface area (Å²) in [4.78, 5) is 0. The van der Waals surface area contributed by atoms with E-state index in [1.54, 1.807) is 0 Å². The van der Waals surface area contributed by atoms with Gasteiger partial charge in [-0.15, -0.1) is 12.8 Å². The Kier molecular flexibility index (Phi) is 5.83. The molecule has 0 saturated carbocycles. The number of unbranched alkanes of at least 4 members (excludes halogenated alkanes) is 1. The number of benzene rings is 2. The Labute approximate surface area is 144 Å². The van der Waals surface area contributed by atoms with E-state index >= 15 is 0 Å². The fourth-order valence-electron chi connectivity index (χ4n) is 2.79. The summed E-state index contributed by atoms with van der Waals surface area (Å²) in [6, 6.07) is 18.5. The molecular formula is C22H22O2. The van der Waals surface area contributed by atoms with Crippen molar-refractivity contribution in [1.82, 2.24) is 0 Å². The van der Waals surface area contributed by atoms with Gasteiger partial charge in [0.2, 0.25) is 0 Å². The normalized spacial score (nSPS) is 15.5. The zero-order chi connectivity index (χ0) is 17.5. The Bertz CT molecular complexity index is 659. The van der Waals surface area contributed by atoms with E-state index in [0.29, 0.717) is 36.8 Å². The van der Waals surface area contributed by atoms with Crippen LogP contribution in [0.1, 0.15) is 36.8 Å². The third kappa shape index (κ3) is 4.06. The number of hydrogen-bond acceptors (Lipinski definition) is 2. The molecule has 2 unspecified atom stereocenters. The molecule has 0 spiro atoms. The molecule has 122 valence electrons. The molecule has 2 aromatic carbocycles. The lowest BCUT2D eigenvalue weighted by atomic mass is 9.85. The summed E-state index contributed by atoms with van der Waals surface area (Å²) in [6.07, 6.45) is 13.2. The third-order valence-corrected chi connectivity index (χ3v) is 4.31. The summed E-state index contributed by atoms with van der Waals surface area (Å²) >= 11 is 0. The number of aliphatic hydroxyl groups is 2. The van der Waals surface area contributed by atoms with Crippen LogP contribution in [0, 0.1) is 24.7 Å². The van der Waals surface area contributed by atoms with Crippen molar-refractivity contribution >= 4 is 0 Å². The topological polar surface area (TPSA) is 40.5 Å². The largest absolute Gasteiger partial charge is 0.373 e. The third-order valence-electron chi connectivity index (χ3n) is 4.31. The molecule has 0 radical (unpaired) electrons. The highest BCUT2D eigenvalue weighted by Gasteiger charge is 2.28. The molecule has 24 heavy (non-hydrogen) atoms. The van der Waals surface area contributed by atoms with Gasteiger partial charge in [-0.05, 0) is 36.8 Å². The van der Waals surface area contributed by atoms with Gasteiger partial charge in [-0.25, -0.2) is 0 Å². The minimum atomic E-state index is -1.29. The van der Waals surface area contributed by atoms with Crippen LogP contribution in [-0.4, -0.2) is 10.2 Å². The molecule has 0 fully saturated rings. The number of rotatable bonds is 7. The molecule has 0 saturated heterocycles. The average Bonchev–Trinajstić information content (AvgIpc) is 2.66. The van der Waals surface area contributed by atoms with Crippen molar-refractivity contribution in [3.63, 3.8) is 0 Å². The van der Waals surface area contributed by atoms with Gasteiger partial charge in [0, 0.05) is 0 Å². The molecule has 2 N–H and O–H groups in total. The molecule has 0 aliphatic heterocycles. The van der Waals surface area contributed by atoms with Gasteiger partial charge >= 0.3 is 0 Å². The van der Waals surface area contributed by atoms with E-state index in [1.165, 1.54) is 0 Å². The Morgan fingerprint density at radius 2 is 1.00 bits per heavy atom. The van der Waals surface area contributed by atoms with Gasteiger partial charge in [0.25, 0.3) is 0 Å². The average molecular weight is 318 g/mol. The summed E-state index contributed by atoms with van der Waals surface area (Å²) < 4.78 is 0. The molecule has 2 aromatic rings. The zero-order valence-electron chi connectivity index (χ0n) is 13.7. The molecule has 0 aromatic heterocycles. The van der Waals surface area contributed by atoms with Crippen LogP contribution in [0.15, 0.2) is 60.7 Å². The quantitative estimate of drug-likeness (QED) is 0.605. The smallest absolute Gasteiger partial charge is 0.150 e. The van der Waals surface area contributed by atoms with E-state index < -0.39 is 11.2 Å². The van der Waals surface area contributed by atoms with Crippen LogP contribution in [-0.2, 0) is 11.2 Å². The molecule has 0 amide bonds. The fraction of sp³-hybridized carbons (Fsp3) is 0.273. The van der Waals surface area contributed by atoms with Crippen LogP contribution in [0.3, 0.4) is 0 Å². The van der Waals surface area contributed by atoms with Crippen molar-refractivity contribution in [2.45, 2.75) is 36.9 Å². The second-order valence-electron chi connectivity index (χ2n) is 5.95. The number of hydrogen-bond donors (Lipinski definition) is 2. The van der Waals surface area contributed by atoms with Gasteiger partial charge in [-0.3, -0.25) is 0 Å². The molecule has 2 rings (SSSR count). The highest BCUT2D eigenvalue weighted by atomic mass is 16.3. The van der Waals surface area contributed by atoms with Crippen LogP contribution >= 0.6 is 0 Å². The lowest BCUT2D eigenvalue weighted by molar-refractivity contribution is 0.0712. The van der Waals surface area contributed by atoms with Crippen LogP contribution in [0.5, 0.6) is 0 Å². The van der Waals surface area contributed by atoms with Crippen molar-refractivity contribution in [2.75, 3.05) is 0 Å². The standard InChI is InChI=1S/C22H22O2/c1-3-21(23,19-13-7-5-8-14-19)17-11-12-18-22(24,4-2)20-15-9-6-10-16-20/h1-2,5-10,13-16,23-24H,11-12,17-18H2. The van der Waals surface area contributed by atoms with Crippen molar-refractivity contribution in [3.05, 3.63) is 71.8 Å². The lowest BCUT2D eigenvalue weighted by Gasteiger charge is -2.25. The maximum absolute atomic E-state index is 10.7. The molecule has 0 heterocycles. The molecule has 0 aliphatic rings. The maximum atomic E-state index is 10.7. The van der Waals surface area contributed by atoms with Gasteiger partial charge < -0.3 is 10.2 Å². The maximum Gasteiger partial charge on any atom is 0.150 e. The SMILES string of the molecule is C#CC(O)(CCCCC(O)(C#C)c1ccccc1)c1ccccc1. The van der Waals surface area contributed by atoms with Crippen LogP contribution in [0.2, 0.25) is 0 Å². The molecule has 0 aliphatic carbocycles. The predicted molar refractivity (Wildman–Crippen MR) is 96.8 cm³/mol. The molecule has 2 atom stereocenters. The zero-order valence-corrected chi connectivity index (χ0v) is 13.7. The van der Waals surface area contributed by atoms with Gasteiger partial charge in [-0.1, -0.05) is 72.5 Å². The van der Waals surface area contributed by atoms with E-state index in [0.717, 1.165) is 0 Å². The van der Waals surface area contributed by atoms with E-state index in [2.05, 4.69) is 11.8 Å². The van der Waals surface area contributed by atoms with Crippen LogP contribution in [0.4, 0.5) is 0 Å². The first-order valence-electron chi connectivity index (χ1n) is 8.05. The summed E-state index contributed by atoms with van der Waals surface area (Å²) in [5, 5.41) is 21.3. The summed E-state index contributed by atoms with van der Waals surface area (Å²) in [7, 11) is 0. The molecule has 2 heteroatoms. The van der Waals surface area contributed by atoms with Gasteiger partial charge in [0.15, 0.2) is 11.2 Å². The highest BCUT2D eigenvalue weighted by Crippen LogP contribution is 2.30. The van der Waals surface area contributed by atoms with Crippen molar-refractivity contribution < 1.29 is 10.2 Å². The van der Waals surface area contributed by atoms with E-state index in [-0.39, 0.29) is 0 Å². The molecular weight excluding hydrogens is 296 g/mol. The van der Waals surface area contributed by atoms with Crippen molar-refractivity contribution in [3.8, 4) is 24.7 Å². The first-order valence-corrected chi connectivity index (χ1v) is 8.05. The monoisotopic (exact) mass is 318 g/mol. The lowest BCUT2D eigenvalue weighted by Crippen LogP contribution is -2.25.